The molecule has 0 radical (unpaired) electrons. The Hall–Kier alpha value is -1.88. The molecule has 0 saturated carbocycles. The van der Waals surface area contributed by atoms with E-state index in [2.05, 4.69) is 17.2 Å². The molecule has 0 bridgehead atoms. The highest BCUT2D eigenvalue weighted by Crippen LogP contribution is 2.17. The van der Waals surface area contributed by atoms with Crippen molar-refractivity contribution >= 4 is 28.9 Å². The first-order valence-corrected chi connectivity index (χ1v) is 6.86. The van der Waals surface area contributed by atoms with Gasteiger partial charge in [0.1, 0.15) is 12.4 Å². The zero-order chi connectivity index (χ0) is 15.0. The maximum absolute atomic E-state index is 11.6. The molecule has 0 atom stereocenters. The van der Waals surface area contributed by atoms with Crippen LogP contribution in [0.15, 0.2) is 36.9 Å². The molecule has 0 spiro atoms. The van der Waals surface area contributed by atoms with Gasteiger partial charge in [-0.15, -0.1) is 0 Å². The first-order chi connectivity index (χ1) is 9.51. The molecular formula is C15H20N2O2S. The summed E-state index contributed by atoms with van der Waals surface area (Å²) in [7, 11) is 0. The first-order valence-electron chi connectivity index (χ1n) is 6.46. The molecule has 5 heteroatoms. The number of carbonyl (C=O) groups is 1. The molecule has 108 valence electrons. The quantitative estimate of drug-likeness (QED) is 0.625. The molecule has 1 amide bonds. The Morgan fingerprint density at radius 2 is 2.25 bits per heavy atom. The summed E-state index contributed by atoms with van der Waals surface area (Å²) in [5, 5.41) is 5.89. The standard InChI is InChI=1S/C15H20N2O2S/c1-4-8-19-13-7-5-6-12(10-13)16-15(20)17-14(18)9-11(2)3/h4-7,10-11H,1,8-9H2,2-3H3,(H2,16,17,18,20). The molecule has 2 N–H and O–H groups in total. The van der Waals surface area contributed by atoms with Crippen LogP contribution in [-0.4, -0.2) is 17.6 Å². The van der Waals surface area contributed by atoms with Crippen LogP contribution in [-0.2, 0) is 4.79 Å². The molecule has 0 unspecified atom stereocenters. The van der Waals surface area contributed by atoms with E-state index in [1.54, 1.807) is 6.08 Å². The van der Waals surface area contributed by atoms with Gasteiger partial charge in [0, 0.05) is 18.2 Å². The average Bonchev–Trinajstić information content (AvgIpc) is 2.35. The second-order valence-electron chi connectivity index (χ2n) is 4.73. The summed E-state index contributed by atoms with van der Waals surface area (Å²) in [6.07, 6.45) is 2.13. The third-order valence-electron chi connectivity index (χ3n) is 2.31. The van der Waals surface area contributed by atoms with E-state index in [0.717, 1.165) is 5.69 Å². The van der Waals surface area contributed by atoms with E-state index in [1.165, 1.54) is 0 Å². The highest BCUT2D eigenvalue weighted by molar-refractivity contribution is 7.80. The van der Waals surface area contributed by atoms with Crippen LogP contribution in [0, 0.1) is 5.92 Å². The zero-order valence-corrected chi connectivity index (χ0v) is 12.6. The van der Waals surface area contributed by atoms with Crippen molar-refractivity contribution in [3.05, 3.63) is 36.9 Å². The lowest BCUT2D eigenvalue weighted by atomic mass is 10.1. The summed E-state index contributed by atoms with van der Waals surface area (Å²) in [6.45, 7) is 8.00. The fourth-order valence-electron chi connectivity index (χ4n) is 1.53. The number of benzene rings is 1. The zero-order valence-electron chi connectivity index (χ0n) is 11.8. The van der Waals surface area contributed by atoms with Gasteiger partial charge < -0.3 is 15.4 Å². The van der Waals surface area contributed by atoms with E-state index in [4.69, 9.17) is 17.0 Å². The van der Waals surface area contributed by atoms with E-state index in [9.17, 15) is 4.79 Å². The van der Waals surface area contributed by atoms with Crippen molar-refractivity contribution in [2.45, 2.75) is 20.3 Å². The second kappa shape index (κ2) is 8.32. The summed E-state index contributed by atoms with van der Waals surface area (Å²) < 4.78 is 5.42. The van der Waals surface area contributed by atoms with E-state index in [-0.39, 0.29) is 11.0 Å². The first kappa shape index (κ1) is 16.2. The molecule has 4 nitrogen and oxygen atoms in total. The van der Waals surface area contributed by atoms with Crippen LogP contribution in [0.5, 0.6) is 5.75 Å². The van der Waals surface area contributed by atoms with Gasteiger partial charge in [0.05, 0.1) is 0 Å². The number of ether oxygens (including phenoxy) is 1. The molecule has 0 heterocycles. The number of nitrogens with one attached hydrogen (secondary N) is 2. The van der Waals surface area contributed by atoms with E-state index < -0.39 is 0 Å². The summed E-state index contributed by atoms with van der Waals surface area (Å²) in [5.41, 5.74) is 0.765. The number of thiocarbonyl (C=S) groups is 1. The van der Waals surface area contributed by atoms with E-state index >= 15 is 0 Å². The van der Waals surface area contributed by atoms with Crippen molar-refractivity contribution < 1.29 is 9.53 Å². The van der Waals surface area contributed by atoms with Gasteiger partial charge in [0.25, 0.3) is 0 Å². The van der Waals surface area contributed by atoms with Gasteiger partial charge >= 0.3 is 0 Å². The molecule has 1 aromatic carbocycles. The molecule has 0 fully saturated rings. The average molecular weight is 292 g/mol. The molecular weight excluding hydrogens is 272 g/mol. The number of amides is 1. The summed E-state index contributed by atoms with van der Waals surface area (Å²) >= 11 is 5.10. The predicted octanol–water partition coefficient (Wildman–Crippen LogP) is 3.11. The number of rotatable bonds is 6. The molecule has 0 aliphatic rings. The molecule has 20 heavy (non-hydrogen) atoms. The van der Waals surface area contributed by atoms with Gasteiger partial charge in [0.15, 0.2) is 5.11 Å². The van der Waals surface area contributed by atoms with Gasteiger partial charge in [-0.05, 0) is 30.3 Å². The van der Waals surface area contributed by atoms with Crippen LogP contribution in [0.3, 0.4) is 0 Å². The van der Waals surface area contributed by atoms with Crippen LogP contribution in [0.2, 0.25) is 0 Å². The summed E-state index contributed by atoms with van der Waals surface area (Å²) in [6, 6.07) is 7.35. The smallest absolute Gasteiger partial charge is 0.226 e. The molecule has 1 rings (SSSR count). The molecule has 0 aliphatic carbocycles. The monoisotopic (exact) mass is 292 g/mol. The van der Waals surface area contributed by atoms with Crippen molar-refractivity contribution in [1.82, 2.24) is 5.32 Å². The Bertz CT molecular complexity index is 487. The fourth-order valence-corrected chi connectivity index (χ4v) is 1.76. The Labute approximate surface area is 125 Å². The van der Waals surface area contributed by atoms with Gasteiger partial charge in [-0.3, -0.25) is 4.79 Å². The molecule has 0 aliphatic heterocycles. The lowest BCUT2D eigenvalue weighted by Crippen LogP contribution is -2.34. The Balaban J connectivity index is 2.53. The highest BCUT2D eigenvalue weighted by atomic mass is 32.1. The summed E-state index contributed by atoms with van der Waals surface area (Å²) in [4.78, 5) is 11.6. The van der Waals surface area contributed by atoms with E-state index in [1.807, 2.05) is 38.1 Å². The molecule has 1 aromatic rings. The van der Waals surface area contributed by atoms with Crippen molar-refractivity contribution in [2.75, 3.05) is 11.9 Å². The number of hydrogen-bond acceptors (Lipinski definition) is 3. The number of hydrogen-bond donors (Lipinski definition) is 2. The second-order valence-corrected chi connectivity index (χ2v) is 5.14. The third-order valence-corrected chi connectivity index (χ3v) is 2.51. The fraction of sp³-hybridized carbons (Fsp3) is 0.333. The topological polar surface area (TPSA) is 50.4 Å². The minimum Gasteiger partial charge on any atom is -0.489 e. The lowest BCUT2D eigenvalue weighted by Gasteiger charge is -2.11. The van der Waals surface area contributed by atoms with Gasteiger partial charge in [0.2, 0.25) is 5.91 Å². The lowest BCUT2D eigenvalue weighted by molar-refractivity contribution is -0.120. The minimum atomic E-state index is -0.0865. The van der Waals surface area contributed by atoms with Gasteiger partial charge in [-0.2, -0.15) is 0 Å². The number of anilines is 1. The third kappa shape index (κ3) is 6.33. The van der Waals surface area contributed by atoms with Gasteiger partial charge in [-0.25, -0.2) is 0 Å². The van der Waals surface area contributed by atoms with Crippen molar-refractivity contribution in [1.29, 1.82) is 0 Å². The number of carbonyl (C=O) groups excluding carboxylic acids is 1. The Morgan fingerprint density at radius 3 is 2.90 bits per heavy atom. The van der Waals surface area contributed by atoms with Crippen molar-refractivity contribution in [3.8, 4) is 5.75 Å². The van der Waals surface area contributed by atoms with Crippen LogP contribution in [0.25, 0.3) is 0 Å². The van der Waals surface area contributed by atoms with Crippen LogP contribution < -0.4 is 15.4 Å². The largest absolute Gasteiger partial charge is 0.489 e. The molecule has 0 aromatic heterocycles. The summed E-state index contributed by atoms with van der Waals surface area (Å²) in [5.74, 6) is 0.927. The minimum absolute atomic E-state index is 0.0865. The van der Waals surface area contributed by atoms with E-state index in [0.29, 0.717) is 24.7 Å². The SMILES string of the molecule is C=CCOc1cccc(NC(=S)NC(=O)CC(C)C)c1. The van der Waals surface area contributed by atoms with Crippen LogP contribution in [0.1, 0.15) is 20.3 Å². The highest BCUT2D eigenvalue weighted by Gasteiger charge is 2.07. The Morgan fingerprint density at radius 1 is 1.50 bits per heavy atom. The normalized spacial score (nSPS) is 9.95. The Kier molecular flexibility index (Phi) is 6.73. The van der Waals surface area contributed by atoms with Crippen LogP contribution >= 0.6 is 12.2 Å². The maximum atomic E-state index is 11.6. The van der Waals surface area contributed by atoms with Crippen molar-refractivity contribution in [2.24, 2.45) is 5.92 Å². The van der Waals surface area contributed by atoms with Crippen LogP contribution in [0.4, 0.5) is 5.69 Å². The molecule has 0 saturated heterocycles. The maximum Gasteiger partial charge on any atom is 0.226 e. The van der Waals surface area contributed by atoms with Crippen molar-refractivity contribution in [3.63, 3.8) is 0 Å². The predicted molar refractivity (Wildman–Crippen MR) is 86.0 cm³/mol. The van der Waals surface area contributed by atoms with Gasteiger partial charge in [-0.1, -0.05) is 32.6 Å².